The van der Waals surface area contributed by atoms with E-state index in [0.717, 1.165) is 12.8 Å². The Balaban J connectivity index is 2.08. The number of hydrogen-bond acceptors (Lipinski definition) is 3. The Morgan fingerprint density at radius 2 is 2.28 bits per heavy atom. The first-order valence-corrected chi connectivity index (χ1v) is 5.84. The molecule has 0 saturated heterocycles. The Kier molecular flexibility index (Phi) is 3.26. The van der Waals surface area contributed by atoms with Gasteiger partial charge in [0.25, 0.3) is 0 Å². The Morgan fingerprint density at radius 1 is 1.61 bits per heavy atom. The van der Waals surface area contributed by atoms with E-state index in [1.807, 2.05) is 0 Å². The minimum atomic E-state index is -1.35. The van der Waals surface area contributed by atoms with Gasteiger partial charge in [-0.15, -0.1) is 0 Å². The van der Waals surface area contributed by atoms with Crippen LogP contribution in [0.5, 0.6) is 5.75 Å². The van der Waals surface area contributed by atoms with Crippen LogP contribution in [-0.2, 0) is 4.79 Å². The van der Waals surface area contributed by atoms with Gasteiger partial charge in [-0.1, -0.05) is 0 Å². The number of halogens is 1. The SMILES string of the molecule is Cc1cc(F)ccc1OCC(N)(C(=O)O)C1CC1. The van der Waals surface area contributed by atoms with Gasteiger partial charge in [0.05, 0.1) is 0 Å². The summed E-state index contributed by atoms with van der Waals surface area (Å²) in [6, 6.07) is 4.10. The molecule has 0 bridgehead atoms. The number of hydrogen-bond donors (Lipinski definition) is 2. The van der Waals surface area contributed by atoms with E-state index in [2.05, 4.69) is 0 Å². The molecule has 98 valence electrons. The predicted molar refractivity (Wildman–Crippen MR) is 63.9 cm³/mol. The van der Waals surface area contributed by atoms with Crippen molar-refractivity contribution in [3.05, 3.63) is 29.6 Å². The molecular formula is C13H16FNO3. The number of aliphatic carboxylic acids is 1. The standard InChI is InChI=1S/C13H16FNO3/c1-8-6-10(14)4-5-11(8)18-7-13(15,12(16)17)9-2-3-9/h4-6,9H,2-3,7,15H2,1H3,(H,16,17). The molecule has 1 aliphatic rings. The summed E-state index contributed by atoms with van der Waals surface area (Å²) in [4.78, 5) is 11.2. The second kappa shape index (κ2) is 4.57. The van der Waals surface area contributed by atoms with E-state index in [1.54, 1.807) is 6.92 Å². The van der Waals surface area contributed by atoms with Crippen LogP contribution in [0.2, 0.25) is 0 Å². The third kappa shape index (κ3) is 2.46. The lowest BCUT2D eigenvalue weighted by atomic mass is 9.96. The number of ether oxygens (including phenoxy) is 1. The molecule has 1 fully saturated rings. The zero-order valence-corrected chi connectivity index (χ0v) is 10.1. The Labute approximate surface area is 105 Å². The lowest BCUT2D eigenvalue weighted by molar-refractivity contribution is -0.145. The quantitative estimate of drug-likeness (QED) is 0.837. The van der Waals surface area contributed by atoms with Crippen LogP contribution in [0.1, 0.15) is 18.4 Å². The van der Waals surface area contributed by atoms with E-state index in [1.165, 1.54) is 18.2 Å². The molecule has 18 heavy (non-hydrogen) atoms. The monoisotopic (exact) mass is 253 g/mol. The lowest BCUT2D eigenvalue weighted by Gasteiger charge is -2.25. The molecule has 0 heterocycles. The van der Waals surface area contributed by atoms with E-state index >= 15 is 0 Å². The Bertz CT molecular complexity index is 473. The molecule has 0 aliphatic heterocycles. The molecule has 3 N–H and O–H groups in total. The van der Waals surface area contributed by atoms with Crippen LogP contribution in [0.3, 0.4) is 0 Å². The highest BCUT2D eigenvalue weighted by Gasteiger charge is 2.49. The first-order chi connectivity index (χ1) is 8.43. The number of nitrogens with two attached hydrogens (primary N) is 1. The van der Waals surface area contributed by atoms with Crippen molar-refractivity contribution < 1.29 is 19.0 Å². The van der Waals surface area contributed by atoms with E-state index in [0.29, 0.717) is 11.3 Å². The summed E-state index contributed by atoms with van der Waals surface area (Å²) in [6.45, 7) is 1.61. The van der Waals surface area contributed by atoms with Gasteiger partial charge >= 0.3 is 5.97 Å². The molecule has 0 amide bonds. The van der Waals surface area contributed by atoms with Crippen LogP contribution in [-0.4, -0.2) is 23.2 Å². The van der Waals surface area contributed by atoms with Crippen molar-refractivity contribution in [2.75, 3.05) is 6.61 Å². The molecule has 1 aliphatic carbocycles. The van der Waals surface area contributed by atoms with Crippen LogP contribution >= 0.6 is 0 Å². The molecule has 0 aromatic heterocycles. The summed E-state index contributed by atoms with van der Waals surface area (Å²) in [7, 11) is 0. The van der Waals surface area contributed by atoms with Crippen molar-refractivity contribution in [2.24, 2.45) is 11.7 Å². The number of rotatable bonds is 5. The van der Waals surface area contributed by atoms with E-state index in [-0.39, 0.29) is 18.3 Å². The molecule has 0 spiro atoms. The number of carboxylic acid groups (broad SMARTS) is 1. The van der Waals surface area contributed by atoms with Crippen LogP contribution in [0.15, 0.2) is 18.2 Å². The molecule has 5 heteroatoms. The van der Waals surface area contributed by atoms with Crippen molar-refractivity contribution >= 4 is 5.97 Å². The van der Waals surface area contributed by atoms with Gasteiger partial charge < -0.3 is 15.6 Å². The normalized spacial score (nSPS) is 18.2. The summed E-state index contributed by atoms with van der Waals surface area (Å²) in [6.07, 6.45) is 1.63. The zero-order chi connectivity index (χ0) is 13.3. The number of carboxylic acids is 1. The topological polar surface area (TPSA) is 72.5 Å². The van der Waals surface area contributed by atoms with Crippen LogP contribution in [0.25, 0.3) is 0 Å². The first kappa shape index (κ1) is 12.8. The summed E-state index contributed by atoms with van der Waals surface area (Å²) in [5.74, 6) is -0.965. The summed E-state index contributed by atoms with van der Waals surface area (Å²) < 4.78 is 18.4. The van der Waals surface area contributed by atoms with Crippen molar-refractivity contribution in [2.45, 2.75) is 25.3 Å². The highest BCUT2D eigenvalue weighted by Crippen LogP contribution is 2.39. The van der Waals surface area contributed by atoms with Gasteiger partial charge in [0, 0.05) is 0 Å². The smallest absolute Gasteiger partial charge is 0.327 e. The third-order valence-corrected chi connectivity index (χ3v) is 3.31. The highest BCUT2D eigenvalue weighted by molar-refractivity contribution is 5.79. The maximum atomic E-state index is 12.9. The average Bonchev–Trinajstić information content (AvgIpc) is 3.11. The fourth-order valence-corrected chi connectivity index (χ4v) is 1.92. The fourth-order valence-electron chi connectivity index (χ4n) is 1.92. The molecule has 1 atom stereocenters. The average molecular weight is 253 g/mol. The summed E-state index contributed by atoms with van der Waals surface area (Å²) in [5, 5.41) is 9.17. The van der Waals surface area contributed by atoms with E-state index in [4.69, 9.17) is 15.6 Å². The summed E-state index contributed by atoms with van der Waals surface area (Å²) >= 11 is 0. The number of carbonyl (C=O) groups is 1. The molecule has 0 radical (unpaired) electrons. The molecule has 1 aromatic rings. The van der Waals surface area contributed by atoms with Crippen molar-refractivity contribution in [3.63, 3.8) is 0 Å². The molecule has 2 rings (SSSR count). The molecule has 1 unspecified atom stereocenters. The maximum absolute atomic E-state index is 12.9. The van der Waals surface area contributed by atoms with Crippen molar-refractivity contribution in [1.82, 2.24) is 0 Å². The van der Waals surface area contributed by atoms with Crippen LogP contribution < -0.4 is 10.5 Å². The molecular weight excluding hydrogens is 237 g/mol. The fraction of sp³-hybridized carbons (Fsp3) is 0.462. The van der Waals surface area contributed by atoms with Gasteiger partial charge in [-0.25, -0.2) is 4.39 Å². The second-order valence-corrected chi connectivity index (χ2v) is 4.82. The number of benzene rings is 1. The molecule has 1 saturated carbocycles. The lowest BCUT2D eigenvalue weighted by Crippen LogP contribution is -2.54. The van der Waals surface area contributed by atoms with Gasteiger partial charge in [-0.3, -0.25) is 4.79 Å². The minimum Gasteiger partial charge on any atom is -0.491 e. The van der Waals surface area contributed by atoms with Gasteiger partial charge in [-0.2, -0.15) is 0 Å². The van der Waals surface area contributed by atoms with Crippen LogP contribution in [0.4, 0.5) is 4.39 Å². The van der Waals surface area contributed by atoms with Gasteiger partial charge in [0.15, 0.2) is 5.54 Å². The van der Waals surface area contributed by atoms with Gasteiger partial charge in [0.1, 0.15) is 18.2 Å². The maximum Gasteiger partial charge on any atom is 0.327 e. The zero-order valence-electron chi connectivity index (χ0n) is 10.1. The van der Waals surface area contributed by atoms with E-state index < -0.39 is 11.5 Å². The molecule has 1 aromatic carbocycles. The second-order valence-electron chi connectivity index (χ2n) is 4.82. The van der Waals surface area contributed by atoms with Crippen molar-refractivity contribution in [3.8, 4) is 5.75 Å². The van der Waals surface area contributed by atoms with E-state index in [9.17, 15) is 9.18 Å². The first-order valence-electron chi connectivity index (χ1n) is 5.84. The summed E-state index contributed by atoms with van der Waals surface area (Å²) in [5.41, 5.74) is 5.15. The molecule has 4 nitrogen and oxygen atoms in total. The third-order valence-electron chi connectivity index (χ3n) is 3.31. The van der Waals surface area contributed by atoms with Crippen LogP contribution in [0, 0.1) is 18.7 Å². The number of aryl methyl sites for hydroxylation is 1. The highest BCUT2D eigenvalue weighted by atomic mass is 19.1. The Hall–Kier alpha value is -1.62. The van der Waals surface area contributed by atoms with Gasteiger partial charge in [0.2, 0.25) is 0 Å². The largest absolute Gasteiger partial charge is 0.491 e. The minimum absolute atomic E-state index is 0.0317. The Morgan fingerprint density at radius 3 is 2.78 bits per heavy atom. The van der Waals surface area contributed by atoms with Crippen molar-refractivity contribution in [1.29, 1.82) is 0 Å². The predicted octanol–water partition coefficient (Wildman–Crippen LogP) is 1.71. The van der Waals surface area contributed by atoms with Gasteiger partial charge in [-0.05, 0) is 49.4 Å².